The van der Waals surface area contributed by atoms with E-state index in [9.17, 15) is 4.79 Å². The highest BCUT2D eigenvalue weighted by molar-refractivity contribution is 7.07. The molecule has 2 aromatic rings. The Morgan fingerprint density at radius 1 is 1.25 bits per heavy atom. The molecule has 1 atom stereocenters. The van der Waals surface area contributed by atoms with Crippen LogP contribution in [0.15, 0.2) is 35.0 Å². The molecule has 0 bridgehead atoms. The summed E-state index contributed by atoms with van der Waals surface area (Å²) in [7, 11) is 3.16. The normalized spacial score (nSPS) is 11.8. The summed E-state index contributed by atoms with van der Waals surface area (Å²) in [6, 6.07) is 7.55. The lowest BCUT2D eigenvalue weighted by atomic mass is 10.2. The molecule has 0 fully saturated rings. The zero-order valence-corrected chi connectivity index (χ0v) is 15.1. The second-order valence-electron chi connectivity index (χ2n) is 5.56. The van der Waals surface area contributed by atoms with Crippen molar-refractivity contribution >= 4 is 22.9 Å². The molecule has 130 valence electrons. The highest BCUT2D eigenvalue weighted by Gasteiger charge is 2.12. The van der Waals surface area contributed by atoms with E-state index < -0.39 is 0 Å². The van der Waals surface area contributed by atoms with Crippen LogP contribution >= 0.6 is 11.3 Å². The lowest BCUT2D eigenvalue weighted by Crippen LogP contribution is -2.32. The van der Waals surface area contributed by atoms with Crippen LogP contribution in [0.2, 0.25) is 0 Å². The van der Waals surface area contributed by atoms with Gasteiger partial charge in [0.1, 0.15) is 11.5 Å². The van der Waals surface area contributed by atoms with E-state index in [2.05, 4.69) is 27.5 Å². The lowest BCUT2D eigenvalue weighted by Gasteiger charge is -2.15. The predicted octanol–water partition coefficient (Wildman–Crippen LogP) is 3.31. The molecule has 0 radical (unpaired) electrons. The average molecular weight is 348 g/mol. The Hall–Kier alpha value is -2.05. The van der Waals surface area contributed by atoms with Crippen molar-refractivity contribution in [1.82, 2.24) is 5.32 Å². The Bertz CT molecular complexity index is 644. The van der Waals surface area contributed by atoms with Gasteiger partial charge < -0.3 is 20.1 Å². The van der Waals surface area contributed by atoms with E-state index >= 15 is 0 Å². The van der Waals surface area contributed by atoms with Crippen LogP contribution in [0.1, 0.15) is 18.9 Å². The van der Waals surface area contributed by atoms with Crippen LogP contribution in [0.25, 0.3) is 0 Å². The molecule has 0 saturated carbocycles. The molecule has 2 N–H and O–H groups in total. The third-order valence-corrected chi connectivity index (χ3v) is 4.39. The van der Waals surface area contributed by atoms with E-state index in [4.69, 9.17) is 9.47 Å². The van der Waals surface area contributed by atoms with Crippen molar-refractivity contribution < 1.29 is 14.3 Å². The molecule has 0 aliphatic carbocycles. The summed E-state index contributed by atoms with van der Waals surface area (Å²) in [5.74, 6) is 1.23. The second kappa shape index (κ2) is 9.30. The Balaban J connectivity index is 1.79. The Morgan fingerprint density at radius 2 is 2.08 bits per heavy atom. The first-order valence-corrected chi connectivity index (χ1v) is 8.83. The number of anilines is 1. The Kier molecular flexibility index (Phi) is 7.08. The van der Waals surface area contributed by atoms with Gasteiger partial charge in [-0.1, -0.05) is 0 Å². The summed E-state index contributed by atoms with van der Waals surface area (Å²) in [4.78, 5) is 12.2. The molecule has 1 heterocycles. The van der Waals surface area contributed by atoms with Crippen LogP contribution in [0.3, 0.4) is 0 Å². The maximum atomic E-state index is 12.2. The van der Waals surface area contributed by atoms with E-state index in [1.807, 2.05) is 6.92 Å². The van der Waals surface area contributed by atoms with Gasteiger partial charge >= 0.3 is 0 Å². The van der Waals surface area contributed by atoms with Crippen LogP contribution < -0.4 is 20.1 Å². The summed E-state index contributed by atoms with van der Waals surface area (Å²) in [5.41, 5.74) is 1.97. The third kappa shape index (κ3) is 5.54. The van der Waals surface area contributed by atoms with Crippen molar-refractivity contribution in [2.45, 2.75) is 25.8 Å². The van der Waals surface area contributed by atoms with E-state index in [-0.39, 0.29) is 11.9 Å². The van der Waals surface area contributed by atoms with Crippen LogP contribution in [-0.2, 0) is 11.2 Å². The standard InChI is InChI=1S/C18H24N2O3S/c1-13(19-8-6-14-7-9-24-12-14)10-18(21)20-16-5-4-15(22-2)11-17(16)23-3/h4-5,7,9,11-13,19H,6,8,10H2,1-3H3,(H,20,21). The number of carbonyl (C=O) groups excluding carboxylic acids is 1. The molecule has 0 spiro atoms. The smallest absolute Gasteiger partial charge is 0.226 e. The quantitative estimate of drug-likeness (QED) is 0.730. The van der Waals surface area contributed by atoms with Gasteiger partial charge in [0.2, 0.25) is 5.91 Å². The number of amides is 1. The van der Waals surface area contributed by atoms with Crippen LogP contribution in [0.4, 0.5) is 5.69 Å². The maximum Gasteiger partial charge on any atom is 0.226 e. The molecule has 1 aromatic carbocycles. The first-order valence-electron chi connectivity index (χ1n) is 7.88. The molecule has 0 aliphatic rings. The first kappa shape index (κ1) is 18.3. The maximum absolute atomic E-state index is 12.2. The molecule has 2 rings (SSSR count). The SMILES string of the molecule is COc1ccc(NC(=O)CC(C)NCCc2ccsc2)c(OC)c1. The van der Waals surface area contributed by atoms with Gasteiger partial charge in [-0.15, -0.1) is 0 Å². The van der Waals surface area contributed by atoms with Gasteiger partial charge in [-0.25, -0.2) is 0 Å². The number of hydrogen-bond donors (Lipinski definition) is 2. The summed E-state index contributed by atoms with van der Waals surface area (Å²) in [5, 5.41) is 10.5. The van der Waals surface area contributed by atoms with E-state index in [0.717, 1.165) is 13.0 Å². The van der Waals surface area contributed by atoms with Gasteiger partial charge in [0, 0.05) is 18.5 Å². The van der Waals surface area contributed by atoms with Crippen LogP contribution in [-0.4, -0.2) is 32.7 Å². The van der Waals surface area contributed by atoms with Crippen LogP contribution in [0, 0.1) is 0 Å². The van der Waals surface area contributed by atoms with Gasteiger partial charge in [0.15, 0.2) is 0 Å². The number of nitrogens with one attached hydrogen (secondary N) is 2. The number of carbonyl (C=O) groups is 1. The summed E-state index contributed by atoms with van der Waals surface area (Å²) in [6.45, 7) is 2.87. The second-order valence-corrected chi connectivity index (χ2v) is 6.34. The molecular weight excluding hydrogens is 324 g/mol. The van der Waals surface area contributed by atoms with Crippen molar-refractivity contribution in [2.24, 2.45) is 0 Å². The Morgan fingerprint density at radius 3 is 2.75 bits per heavy atom. The highest BCUT2D eigenvalue weighted by atomic mass is 32.1. The summed E-state index contributed by atoms with van der Waals surface area (Å²) < 4.78 is 10.4. The number of hydrogen-bond acceptors (Lipinski definition) is 5. The van der Waals surface area contributed by atoms with Gasteiger partial charge in [-0.3, -0.25) is 4.79 Å². The van der Waals surface area contributed by atoms with E-state index in [1.54, 1.807) is 43.8 Å². The lowest BCUT2D eigenvalue weighted by molar-refractivity contribution is -0.116. The number of thiophene rings is 1. The molecular formula is C18H24N2O3S. The zero-order valence-electron chi connectivity index (χ0n) is 14.3. The fourth-order valence-electron chi connectivity index (χ4n) is 2.35. The molecule has 6 heteroatoms. The molecule has 24 heavy (non-hydrogen) atoms. The summed E-state index contributed by atoms with van der Waals surface area (Å²) >= 11 is 1.70. The molecule has 1 aromatic heterocycles. The highest BCUT2D eigenvalue weighted by Crippen LogP contribution is 2.29. The van der Waals surface area contributed by atoms with Crippen molar-refractivity contribution in [3.63, 3.8) is 0 Å². The Labute approximate surface area is 147 Å². The van der Waals surface area contributed by atoms with Crippen LogP contribution in [0.5, 0.6) is 11.5 Å². The minimum absolute atomic E-state index is 0.0472. The molecule has 0 saturated heterocycles. The van der Waals surface area contributed by atoms with E-state index in [1.165, 1.54) is 5.56 Å². The fourth-order valence-corrected chi connectivity index (χ4v) is 3.05. The fraction of sp³-hybridized carbons (Fsp3) is 0.389. The minimum Gasteiger partial charge on any atom is -0.497 e. The monoisotopic (exact) mass is 348 g/mol. The number of benzene rings is 1. The van der Waals surface area contributed by atoms with Gasteiger partial charge in [0.25, 0.3) is 0 Å². The van der Waals surface area contributed by atoms with E-state index in [0.29, 0.717) is 23.6 Å². The van der Waals surface area contributed by atoms with Crippen molar-refractivity contribution in [1.29, 1.82) is 0 Å². The largest absolute Gasteiger partial charge is 0.497 e. The molecule has 0 aliphatic heterocycles. The van der Waals surface area contributed by atoms with Crippen molar-refractivity contribution in [3.05, 3.63) is 40.6 Å². The van der Waals surface area contributed by atoms with Crippen molar-refractivity contribution in [3.8, 4) is 11.5 Å². The molecule has 1 unspecified atom stereocenters. The average Bonchev–Trinajstić information content (AvgIpc) is 3.08. The number of rotatable bonds is 9. The summed E-state index contributed by atoms with van der Waals surface area (Å²) in [6.07, 6.45) is 1.38. The topological polar surface area (TPSA) is 59.6 Å². The third-order valence-electron chi connectivity index (χ3n) is 3.66. The number of methoxy groups -OCH3 is 2. The zero-order chi connectivity index (χ0) is 17.4. The van der Waals surface area contributed by atoms with Gasteiger partial charge in [0.05, 0.1) is 19.9 Å². The first-order chi connectivity index (χ1) is 11.6. The molecule has 5 nitrogen and oxygen atoms in total. The van der Waals surface area contributed by atoms with Gasteiger partial charge in [-0.05, 0) is 54.4 Å². The number of ether oxygens (including phenoxy) is 2. The van der Waals surface area contributed by atoms with Crippen molar-refractivity contribution in [2.75, 3.05) is 26.1 Å². The molecule has 1 amide bonds. The minimum atomic E-state index is -0.0472. The predicted molar refractivity (Wildman–Crippen MR) is 98.3 cm³/mol. The van der Waals surface area contributed by atoms with Gasteiger partial charge in [-0.2, -0.15) is 11.3 Å².